The molecule has 1 aliphatic heterocycles. The number of hydrogen-bond donors (Lipinski definition) is 1. The second kappa shape index (κ2) is 6.34. The summed E-state index contributed by atoms with van der Waals surface area (Å²) in [5.41, 5.74) is 5.68. The van der Waals surface area contributed by atoms with E-state index in [1.54, 1.807) is 11.0 Å². The predicted molar refractivity (Wildman–Crippen MR) is 73.4 cm³/mol. The lowest BCUT2D eigenvalue weighted by Crippen LogP contribution is -2.35. The van der Waals surface area contributed by atoms with Gasteiger partial charge >= 0.3 is 0 Å². The molecule has 0 radical (unpaired) electrons. The fourth-order valence-electron chi connectivity index (χ4n) is 2.33. The Morgan fingerprint density at radius 2 is 2.38 bits per heavy atom. The zero-order valence-corrected chi connectivity index (χ0v) is 11.9. The van der Waals surface area contributed by atoms with Crippen LogP contribution in [0.4, 0.5) is 8.78 Å². The fraction of sp³-hybridized carbons (Fsp3) is 0.571. The van der Waals surface area contributed by atoms with E-state index in [0.717, 1.165) is 6.42 Å². The van der Waals surface area contributed by atoms with Crippen molar-refractivity contribution in [2.45, 2.75) is 19.8 Å². The summed E-state index contributed by atoms with van der Waals surface area (Å²) >= 11 is 0. The number of pyridine rings is 1. The van der Waals surface area contributed by atoms with E-state index in [4.69, 9.17) is 10.5 Å². The molecule has 1 aromatic heterocycles. The van der Waals surface area contributed by atoms with Crippen molar-refractivity contribution in [3.63, 3.8) is 0 Å². The molecule has 0 aromatic carbocycles. The van der Waals surface area contributed by atoms with Crippen molar-refractivity contribution in [1.82, 2.24) is 9.88 Å². The first-order valence-electron chi connectivity index (χ1n) is 6.80. The molecule has 7 heteroatoms. The Balaban J connectivity index is 2.13. The highest BCUT2D eigenvalue weighted by Gasteiger charge is 2.36. The van der Waals surface area contributed by atoms with E-state index in [1.165, 1.54) is 12.3 Å². The minimum absolute atomic E-state index is 0.0689. The number of halogens is 2. The van der Waals surface area contributed by atoms with Crippen LogP contribution in [-0.4, -0.2) is 48.5 Å². The van der Waals surface area contributed by atoms with Gasteiger partial charge in [-0.05, 0) is 30.5 Å². The second-order valence-electron chi connectivity index (χ2n) is 5.54. The van der Waals surface area contributed by atoms with E-state index in [2.05, 4.69) is 4.98 Å². The highest BCUT2D eigenvalue weighted by atomic mass is 19.3. The third-order valence-electron chi connectivity index (χ3n) is 3.68. The summed E-state index contributed by atoms with van der Waals surface area (Å²) in [7, 11) is 0. The Kier molecular flexibility index (Phi) is 4.72. The molecule has 21 heavy (non-hydrogen) atoms. The summed E-state index contributed by atoms with van der Waals surface area (Å²) in [5, 5.41) is 0. The Morgan fingerprint density at radius 3 is 3.00 bits per heavy atom. The van der Waals surface area contributed by atoms with Crippen molar-refractivity contribution in [2.24, 2.45) is 11.1 Å². The van der Waals surface area contributed by atoms with Gasteiger partial charge in [0, 0.05) is 19.3 Å². The molecule has 0 saturated carbocycles. The van der Waals surface area contributed by atoms with Crippen LogP contribution < -0.4 is 10.5 Å². The van der Waals surface area contributed by atoms with Crippen molar-refractivity contribution < 1.29 is 18.3 Å². The van der Waals surface area contributed by atoms with E-state index in [0.29, 0.717) is 19.6 Å². The topological polar surface area (TPSA) is 68.5 Å². The number of amides is 1. The minimum Gasteiger partial charge on any atom is -0.485 e. The van der Waals surface area contributed by atoms with E-state index >= 15 is 0 Å². The van der Waals surface area contributed by atoms with Gasteiger partial charge in [-0.25, -0.2) is 13.8 Å². The maximum absolute atomic E-state index is 12.5. The maximum atomic E-state index is 12.5. The Labute approximate surface area is 122 Å². The van der Waals surface area contributed by atoms with E-state index < -0.39 is 13.0 Å². The lowest BCUT2D eigenvalue weighted by atomic mass is 9.90. The number of nitrogens with two attached hydrogens (primary N) is 1. The highest BCUT2D eigenvalue weighted by Crippen LogP contribution is 2.30. The first-order chi connectivity index (χ1) is 9.95. The molecular weight excluding hydrogens is 280 g/mol. The molecule has 1 aliphatic rings. The van der Waals surface area contributed by atoms with Gasteiger partial charge in [0.05, 0.1) is 0 Å². The third-order valence-corrected chi connectivity index (χ3v) is 3.68. The zero-order chi connectivity index (χ0) is 15.5. The molecule has 0 spiro atoms. The second-order valence-corrected chi connectivity index (χ2v) is 5.54. The number of carbonyl (C=O) groups is 1. The molecule has 5 nitrogen and oxygen atoms in total. The van der Waals surface area contributed by atoms with Gasteiger partial charge in [-0.3, -0.25) is 4.79 Å². The zero-order valence-electron chi connectivity index (χ0n) is 11.9. The van der Waals surface area contributed by atoms with Crippen LogP contribution in [0, 0.1) is 5.41 Å². The van der Waals surface area contributed by atoms with Crippen molar-refractivity contribution >= 4 is 5.91 Å². The van der Waals surface area contributed by atoms with Crippen LogP contribution in [0.2, 0.25) is 0 Å². The van der Waals surface area contributed by atoms with Gasteiger partial charge < -0.3 is 15.4 Å². The normalized spacial score (nSPS) is 21.9. The Hall–Kier alpha value is -1.76. The Bertz CT molecular complexity index is 513. The number of aromatic nitrogens is 1. The average molecular weight is 299 g/mol. The molecule has 1 saturated heterocycles. The monoisotopic (exact) mass is 299 g/mol. The molecule has 2 heterocycles. The van der Waals surface area contributed by atoms with E-state index in [1.807, 2.05) is 6.92 Å². The van der Waals surface area contributed by atoms with Crippen molar-refractivity contribution in [3.05, 3.63) is 24.0 Å². The van der Waals surface area contributed by atoms with Gasteiger partial charge in [0.1, 0.15) is 6.61 Å². The van der Waals surface area contributed by atoms with Crippen LogP contribution in [0.1, 0.15) is 23.8 Å². The van der Waals surface area contributed by atoms with Crippen LogP contribution in [0.3, 0.4) is 0 Å². The SMILES string of the molecule is CC1(CN)CCN(C(=O)c2ncccc2OCC(F)F)C1. The third kappa shape index (κ3) is 3.66. The number of alkyl halides is 2. The van der Waals surface area contributed by atoms with Gasteiger partial charge in [0.2, 0.25) is 0 Å². The minimum atomic E-state index is -2.60. The van der Waals surface area contributed by atoms with Gasteiger partial charge in [-0.15, -0.1) is 0 Å². The van der Waals surface area contributed by atoms with Gasteiger partial charge in [-0.2, -0.15) is 0 Å². The molecular formula is C14H19F2N3O2. The van der Waals surface area contributed by atoms with Crippen molar-refractivity contribution in [3.8, 4) is 5.75 Å². The summed E-state index contributed by atoms with van der Waals surface area (Å²) in [4.78, 5) is 18.1. The first kappa shape index (κ1) is 15.6. The van der Waals surface area contributed by atoms with Crippen LogP contribution in [0.25, 0.3) is 0 Å². The Morgan fingerprint density at radius 1 is 1.62 bits per heavy atom. The molecule has 0 bridgehead atoms. The number of nitrogens with zero attached hydrogens (tertiary/aromatic N) is 2. The largest absolute Gasteiger partial charge is 0.485 e. The molecule has 0 aliphatic carbocycles. The first-order valence-corrected chi connectivity index (χ1v) is 6.80. The molecule has 2 rings (SSSR count). The lowest BCUT2D eigenvalue weighted by Gasteiger charge is -2.22. The van der Waals surface area contributed by atoms with Crippen molar-refractivity contribution in [2.75, 3.05) is 26.2 Å². The van der Waals surface area contributed by atoms with E-state index in [-0.39, 0.29) is 22.8 Å². The molecule has 2 N–H and O–H groups in total. The van der Waals surface area contributed by atoms with Gasteiger partial charge in [0.15, 0.2) is 11.4 Å². The summed E-state index contributed by atoms with van der Waals surface area (Å²) in [6, 6.07) is 3.02. The average Bonchev–Trinajstić information content (AvgIpc) is 2.88. The van der Waals surface area contributed by atoms with Crippen LogP contribution >= 0.6 is 0 Å². The summed E-state index contributed by atoms with van der Waals surface area (Å²) < 4.78 is 29.5. The van der Waals surface area contributed by atoms with E-state index in [9.17, 15) is 13.6 Å². The maximum Gasteiger partial charge on any atom is 0.276 e. The summed E-state index contributed by atoms with van der Waals surface area (Å²) in [5.74, 6) is -0.221. The molecule has 1 amide bonds. The van der Waals surface area contributed by atoms with Gasteiger partial charge in [-0.1, -0.05) is 6.92 Å². The lowest BCUT2D eigenvalue weighted by molar-refractivity contribution is 0.0720. The molecule has 1 fully saturated rings. The predicted octanol–water partition coefficient (Wildman–Crippen LogP) is 1.54. The molecule has 1 atom stereocenters. The molecule has 1 unspecified atom stereocenters. The fourth-order valence-corrected chi connectivity index (χ4v) is 2.33. The smallest absolute Gasteiger partial charge is 0.276 e. The number of likely N-dealkylation sites (tertiary alicyclic amines) is 1. The van der Waals surface area contributed by atoms with Crippen LogP contribution in [0.15, 0.2) is 18.3 Å². The van der Waals surface area contributed by atoms with Gasteiger partial charge in [0.25, 0.3) is 12.3 Å². The van der Waals surface area contributed by atoms with Crippen LogP contribution in [0.5, 0.6) is 5.75 Å². The summed E-state index contributed by atoms with van der Waals surface area (Å²) in [6.45, 7) is 2.87. The number of rotatable bonds is 5. The summed E-state index contributed by atoms with van der Waals surface area (Å²) in [6.07, 6.45) is -0.337. The van der Waals surface area contributed by atoms with Crippen LogP contribution in [-0.2, 0) is 0 Å². The standard InChI is InChI=1S/C14H19F2N3O2/c1-14(8-17)4-6-19(9-14)13(20)12-10(3-2-5-18-12)21-7-11(15)16/h2-3,5,11H,4,6-9,17H2,1H3. The number of hydrogen-bond acceptors (Lipinski definition) is 4. The number of ether oxygens (including phenoxy) is 1. The quantitative estimate of drug-likeness (QED) is 0.895. The molecule has 116 valence electrons. The van der Waals surface area contributed by atoms with Crippen molar-refractivity contribution in [1.29, 1.82) is 0 Å². The molecule has 1 aromatic rings. The number of carbonyl (C=O) groups excluding carboxylic acids is 1. The highest BCUT2D eigenvalue weighted by molar-refractivity contribution is 5.95.